The number of hydrogen-bond acceptors (Lipinski definition) is 4. The molecule has 4 rings (SSSR count). The second-order valence-electron chi connectivity index (χ2n) is 6.52. The van der Waals surface area contributed by atoms with Crippen LogP contribution < -0.4 is 10.2 Å². The van der Waals surface area contributed by atoms with Crippen LogP contribution in [0.1, 0.15) is 12.0 Å². The van der Waals surface area contributed by atoms with Crippen LogP contribution in [0.3, 0.4) is 0 Å². The molecule has 0 amide bonds. The van der Waals surface area contributed by atoms with E-state index in [0.29, 0.717) is 31.9 Å². The van der Waals surface area contributed by atoms with Crippen LogP contribution in [0.25, 0.3) is 10.9 Å². The van der Waals surface area contributed by atoms with Crippen LogP contribution in [0.15, 0.2) is 53.6 Å². The van der Waals surface area contributed by atoms with E-state index in [9.17, 15) is 21.6 Å². The summed E-state index contributed by atoms with van der Waals surface area (Å²) < 4.78 is 68.6. The minimum atomic E-state index is -4.38. The summed E-state index contributed by atoms with van der Waals surface area (Å²) in [7, 11) is -4.38. The summed E-state index contributed by atoms with van der Waals surface area (Å²) in [6.07, 6.45) is -1.97. The molecule has 0 aliphatic carbocycles. The van der Waals surface area contributed by atoms with E-state index in [2.05, 4.69) is 5.32 Å². The maximum Gasteiger partial charge on any atom is 0.271 e. The van der Waals surface area contributed by atoms with Gasteiger partial charge in [-0.2, -0.15) is 0 Å². The maximum absolute atomic E-state index is 14.2. The number of halogens is 3. The Balaban J connectivity index is 1.97. The summed E-state index contributed by atoms with van der Waals surface area (Å²) >= 11 is 0. The van der Waals surface area contributed by atoms with Crippen molar-refractivity contribution < 1.29 is 21.6 Å². The lowest BCUT2D eigenvalue weighted by Crippen LogP contribution is -2.43. The van der Waals surface area contributed by atoms with Gasteiger partial charge in [0.05, 0.1) is 5.52 Å². The third-order valence-electron chi connectivity index (χ3n) is 4.87. The van der Waals surface area contributed by atoms with E-state index in [1.165, 1.54) is 18.2 Å². The lowest BCUT2D eigenvalue weighted by molar-refractivity contribution is 0.153. The fourth-order valence-electron chi connectivity index (χ4n) is 3.56. The standard InChI is InChI=1S/C19H18F3N3O2S/c20-14-4-1-2-7-17(14)28(26,27)25-12-13(19(21)22)18-15(5-3-6-16(18)25)24-10-8-23-9-11-24/h1-7,12,19,23H,8-11H2. The molecule has 28 heavy (non-hydrogen) atoms. The van der Waals surface area contributed by atoms with Gasteiger partial charge in [-0.3, -0.25) is 0 Å². The number of rotatable bonds is 4. The molecule has 148 valence electrons. The molecule has 1 fully saturated rings. The number of alkyl halides is 2. The predicted molar refractivity (Wildman–Crippen MR) is 101 cm³/mol. The van der Waals surface area contributed by atoms with E-state index in [1.807, 2.05) is 4.90 Å². The second kappa shape index (κ2) is 7.14. The van der Waals surface area contributed by atoms with Gasteiger partial charge in [0.25, 0.3) is 16.4 Å². The minimum Gasteiger partial charge on any atom is -0.368 e. The van der Waals surface area contributed by atoms with Crippen LogP contribution in [0.2, 0.25) is 0 Å². The molecule has 3 aromatic rings. The summed E-state index contributed by atoms with van der Waals surface area (Å²) in [6, 6.07) is 9.71. The predicted octanol–water partition coefficient (Wildman–Crippen LogP) is 3.36. The Bertz CT molecular complexity index is 1120. The van der Waals surface area contributed by atoms with Gasteiger partial charge < -0.3 is 10.2 Å². The first kappa shape index (κ1) is 18.8. The molecule has 0 unspecified atom stereocenters. The molecule has 1 N–H and O–H groups in total. The van der Waals surface area contributed by atoms with Crippen molar-refractivity contribution in [1.29, 1.82) is 0 Å². The summed E-state index contributed by atoms with van der Waals surface area (Å²) in [5.74, 6) is -0.929. The molecule has 1 aliphatic rings. The van der Waals surface area contributed by atoms with Crippen molar-refractivity contribution in [3.05, 3.63) is 60.0 Å². The first-order valence-electron chi connectivity index (χ1n) is 8.79. The van der Waals surface area contributed by atoms with E-state index in [0.717, 1.165) is 22.3 Å². The fourth-order valence-corrected chi connectivity index (χ4v) is 5.00. The zero-order chi connectivity index (χ0) is 19.9. The number of piperazine rings is 1. The lowest BCUT2D eigenvalue weighted by atomic mass is 10.1. The molecule has 2 heterocycles. The van der Waals surface area contributed by atoms with Gasteiger partial charge in [-0.25, -0.2) is 25.6 Å². The van der Waals surface area contributed by atoms with Crippen LogP contribution in [0, 0.1) is 5.82 Å². The van der Waals surface area contributed by atoms with Gasteiger partial charge in [-0.15, -0.1) is 0 Å². The topological polar surface area (TPSA) is 54.3 Å². The van der Waals surface area contributed by atoms with E-state index in [-0.39, 0.29) is 16.5 Å². The first-order chi connectivity index (χ1) is 13.4. The Morgan fingerprint density at radius 3 is 2.39 bits per heavy atom. The van der Waals surface area contributed by atoms with Crippen molar-refractivity contribution in [2.45, 2.75) is 11.3 Å². The van der Waals surface area contributed by atoms with E-state index in [4.69, 9.17) is 0 Å². The SMILES string of the molecule is O=S(=O)(c1ccccc1F)n1cc(C(F)F)c2c(N3CCNCC3)cccc21. The molecule has 1 saturated heterocycles. The number of benzene rings is 2. The van der Waals surface area contributed by atoms with Gasteiger partial charge in [0.15, 0.2) is 0 Å². The van der Waals surface area contributed by atoms with Crippen LogP contribution in [0.5, 0.6) is 0 Å². The van der Waals surface area contributed by atoms with Crippen LogP contribution in [-0.2, 0) is 10.0 Å². The Kier molecular flexibility index (Phi) is 4.80. The van der Waals surface area contributed by atoms with Crippen molar-refractivity contribution in [2.75, 3.05) is 31.1 Å². The Hall–Kier alpha value is -2.52. The number of hydrogen-bond donors (Lipinski definition) is 1. The molecule has 0 spiro atoms. The average Bonchev–Trinajstić information content (AvgIpc) is 3.10. The molecule has 0 atom stereocenters. The number of aromatic nitrogens is 1. The van der Waals surface area contributed by atoms with Crippen molar-refractivity contribution in [3.8, 4) is 0 Å². The number of nitrogens with one attached hydrogen (secondary N) is 1. The zero-order valence-corrected chi connectivity index (χ0v) is 15.6. The third-order valence-corrected chi connectivity index (χ3v) is 6.58. The minimum absolute atomic E-state index is 0.106. The van der Waals surface area contributed by atoms with Gasteiger partial charge >= 0.3 is 0 Å². The molecule has 0 bridgehead atoms. The Labute approximate surface area is 160 Å². The van der Waals surface area contributed by atoms with Crippen molar-refractivity contribution in [3.63, 3.8) is 0 Å². The largest absolute Gasteiger partial charge is 0.368 e. The van der Waals surface area contributed by atoms with Crippen molar-refractivity contribution >= 4 is 26.6 Å². The molecule has 1 aliphatic heterocycles. The zero-order valence-electron chi connectivity index (χ0n) is 14.8. The van der Waals surface area contributed by atoms with Gasteiger partial charge in [0.1, 0.15) is 10.7 Å². The summed E-state index contributed by atoms with van der Waals surface area (Å²) in [4.78, 5) is 1.39. The maximum atomic E-state index is 14.2. The van der Waals surface area contributed by atoms with E-state index < -0.39 is 27.2 Å². The average molecular weight is 409 g/mol. The summed E-state index contributed by atoms with van der Waals surface area (Å²) in [5, 5.41) is 3.37. The molecular formula is C19H18F3N3O2S. The Morgan fingerprint density at radius 1 is 1.00 bits per heavy atom. The van der Waals surface area contributed by atoms with E-state index in [1.54, 1.807) is 12.1 Å². The molecule has 0 saturated carbocycles. The van der Waals surface area contributed by atoms with Gasteiger partial charge in [-0.1, -0.05) is 18.2 Å². The molecule has 0 radical (unpaired) electrons. The van der Waals surface area contributed by atoms with Crippen LogP contribution in [0.4, 0.5) is 18.9 Å². The number of anilines is 1. The highest BCUT2D eigenvalue weighted by Crippen LogP contribution is 2.38. The summed E-state index contributed by atoms with van der Waals surface area (Å²) in [6.45, 7) is 2.64. The summed E-state index contributed by atoms with van der Waals surface area (Å²) in [5.41, 5.74) is 0.274. The van der Waals surface area contributed by atoms with Gasteiger partial charge in [0, 0.05) is 49.0 Å². The van der Waals surface area contributed by atoms with Crippen molar-refractivity contribution in [1.82, 2.24) is 9.29 Å². The van der Waals surface area contributed by atoms with Gasteiger partial charge in [-0.05, 0) is 24.3 Å². The first-order valence-corrected chi connectivity index (χ1v) is 10.2. The third kappa shape index (κ3) is 3.04. The smallest absolute Gasteiger partial charge is 0.271 e. The highest BCUT2D eigenvalue weighted by Gasteiger charge is 2.28. The molecule has 2 aromatic carbocycles. The molecule has 5 nitrogen and oxygen atoms in total. The second-order valence-corrected chi connectivity index (χ2v) is 8.31. The molecule has 1 aromatic heterocycles. The quantitative estimate of drug-likeness (QED) is 0.718. The highest BCUT2D eigenvalue weighted by atomic mass is 32.2. The molecule has 9 heteroatoms. The normalized spacial score (nSPS) is 15.5. The number of fused-ring (bicyclic) bond motifs is 1. The van der Waals surface area contributed by atoms with Crippen molar-refractivity contribution in [2.24, 2.45) is 0 Å². The monoisotopic (exact) mass is 409 g/mol. The van der Waals surface area contributed by atoms with Gasteiger partial charge in [0.2, 0.25) is 0 Å². The lowest BCUT2D eigenvalue weighted by Gasteiger charge is -2.30. The highest BCUT2D eigenvalue weighted by molar-refractivity contribution is 7.90. The van der Waals surface area contributed by atoms with Crippen LogP contribution >= 0.6 is 0 Å². The molecular weight excluding hydrogens is 391 g/mol. The fraction of sp³-hybridized carbons (Fsp3) is 0.263. The number of nitrogens with zero attached hydrogens (tertiary/aromatic N) is 2. The van der Waals surface area contributed by atoms with Crippen LogP contribution in [-0.4, -0.2) is 38.6 Å². The Morgan fingerprint density at radius 2 is 1.71 bits per heavy atom. The van der Waals surface area contributed by atoms with E-state index >= 15 is 0 Å².